The maximum atomic E-state index is 12.5. The number of ether oxygens (including phenoxy) is 3. The Morgan fingerprint density at radius 3 is 1.87 bits per heavy atom. The van der Waals surface area contributed by atoms with E-state index in [1.165, 1.54) is 14.2 Å². The number of aryl methyl sites for hydroxylation is 2. The molecule has 0 bridgehead atoms. The zero-order chi connectivity index (χ0) is 45.2. The molecule has 0 aromatic heterocycles. The molecule has 1 atom stereocenters. The number of carbonyl (C=O) groups is 2. The van der Waals surface area contributed by atoms with Crippen LogP contribution in [-0.4, -0.2) is 71.6 Å². The molecule has 0 saturated heterocycles. The first-order chi connectivity index (χ1) is 30.5. The summed E-state index contributed by atoms with van der Waals surface area (Å²) in [4.78, 5) is 27.3. The Hall–Kier alpha value is -4.78. The smallest absolute Gasteiger partial charge is 1.00 e. The number of alkyl halides is 2. The molecule has 0 amide bonds. The van der Waals surface area contributed by atoms with E-state index >= 15 is 0 Å². The molecule has 67 heavy (non-hydrogen) atoms. The van der Waals surface area contributed by atoms with Crippen LogP contribution in [0.3, 0.4) is 0 Å². The summed E-state index contributed by atoms with van der Waals surface area (Å²) in [6, 6.07) is 40.4. The quantitative estimate of drug-likeness (QED) is 0.0630. The molecule has 9 nitrogen and oxygen atoms in total. The van der Waals surface area contributed by atoms with Crippen molar-refractivity contribution in [2.75, 3.05) is 50.6 Å². The normalized spacial score (nSPS) is 11.6. The maximum Gasteiger partial charge on any atom is 1.00 e. The molecular weight excluding hydrogens is 917 g/mol. The third-order valence-electron chi connectivity index (χ3n) is 11.4. The Kier molecular flexibility index (Phi) is 23.8. The molecule has 1 unspecified atom stereocenters. The summed E-state index contributed by atoms with van der Waals surface area (Å²) < 4.78 is 25.1. The number of rotatable bonds is 9. The van der Waals surface area contributed by atoms with Crippen molar-refractivity contribution >= 4 is 60.2 Å². The van der Waals surface area contributed by atoms with Crippen LogP contribution in [0.1, 0.15) is 83.6 Å². The van der Waals surface area contributed by atoms with E-state index in [0.29, 0.717) is 11.1 Å². The molecule has 347 valence electrons. The van der Waals surface area contributed by atoms with Gasteiger partial charge in [0.2, 0.25) is 5.36 Å². The topological polar surface area (TPSA) is 113 Å². The number of hydrogen-bond donors (Lipinski definition) is 0. The molecule has 0 spiro atoms. The summed E-state index contributed by atoms with van der Waals surface area (Å²) in [5.41, 5.74) is 11.2. The van der Waals surface area contributed by atoms with Gasteiger partial charge in [-0.3, -0.25) is 0 Å². The average molecular weight is 975 g/mol. The van der Waals surface area contributed by atoms with Crippen LogP contribution >= 0.6 is 23.2 Å². The number of esters is 2. The standard InChI is InChI=1S/C26H27NO3.C26H26NO3.CH2Cl2.B.ClH.Na.H2O.H/c2*1-5-27(6-2)18-12-14-22-24(16-18)30-23-15-17(3)11-13-21(23)25(22)19-9-7-8-10-20(19)26(28)29-4;2-1-3;;;;;/h7-16,25H,5-6H2,1-4H3;7-16H,5-6H2,1-4H3;1H2;;1H;;1H2;/q;+1;;;;+1;;-1/p-1. The van der Waals surface area contributed by atoms with Crippen molar-refractivity contribution in [2.45, 2.75) is 47.5 Å². The van der Waals surface area contributed by atoms with Gasteiger partial charge in [0.1, 0.15) is 35.9 Å². The van der Waals surface area contributed by atoms with Gasteiger partial charge in [0.15, 0.2) is 0 Å². The second-order valence-electron chi connectivity index (χ2n) is 15.0. The fraction of sp³-hybridized carbons (Fsp3) is 0.264. The largest absolute Gasteiger partial charge is 1.00 e. The fourth-order valence-corrected chi connectivity index (χ4v) is 8.32. The Bertz CT molecular complexity index is 2800. The van der Waals surface area contributed by atoms with Crippen LogP contribution in [0.15, 0.2) is 126 Å². The minimum atomic E-state index is -0.348. The summed E-state index contributed by atoms with van der Waals surface area (Å²) in [5, 5.41) is 2.29. The van der Waals surface area contributed by atoms with Crippen molar-refractivity contribution < 1.29 is 77.1 Å². The van der Waals surface area contributed by atoms with E-state index in [1.807, 2.05) is 55.5 Å². The second-order valence-corrected chi connectivity index (χ2v) is 15.8. The number of halogens is 3. The summed E-state index contributed by atoms with van der Waals surface area (Å²) in [7, 11) is 2.83. The predicted molar refractivity (Wildman–Crippen MR) is 268 cm³/mol. The second kappa shape index (κ2) is 27.3. The number of nitrogens with zero attached hydrogens (tertiary/aromatic N) is 2. The van der Waals surface area contributed by atoms with Crippen LogP contribution in [0.4, 0.5) is 5.69 Å². The number of benzene rings is 6. The van der Waals surface area contributed by atoms with Gasteiger partial charge in [0, 0.05) is 72.9 Å². The van der Waals surface area contributed by atoms with Crippen LogP contribution in [-0.2, 0) is 9.47 Å². The molecule has 2 heterocycles. The predicted octanol–water partition coefficient (Wildman–Crippen LogP) is 5.36. The summed E-state index contributed by atoms with van der Waals surface area (Å²) in [6.07, 6.45) is 0. The zero-order valence-corrected chi connectivity index (χ0v) is 44.0. The van der Waals surface area contributed by atoms with Gasteiger partial charge in [-0.25, -0.2) is 14.2 Å². The monoisotopic (exact) mass is 973 g/mol. The number of hydrogen-bond acceptors (Lipinski definition) is 7. The van der Waals surface area contributed by atoms with E-state index in [4.69, 9.17) is 41.8 Å². The van der Waals surface area contributed by atoms with E-state index in [9.17, 15) is 9.59 Å². The van der Waals surface area contributed by atoms with Gasteiger partial charge in [-0.2, -0.15) is 0 Å². The Morgan fingerprint density at radius 1 is 0.687 bits per heavy atom. The Labute approximate surface area is 436 Å². The molecule has 2 N–H and O–H groups in total. The van der Waals surface area contributed by atoms with Gasteiger partial charge in [0.05, 0.1) is 36.8 Å². The van der Waals surface area contributed by atoms with Crippen LogP contribution in [0.25, 0.3) is 33.4 Å². The van der Waals surface area contributed by atoms with E-state index in [-0.39, 0.29) is 80.5 Å². The van der Waals surface area contributed by atoms with Crippen LogP contribution in [0, 0.1) is 13.8 Å². The van der Waals surface area contributed by atoms with E-state index < -0.39 is 0 Å². The molecule has 8 rings (SSSR count). The molecule has 5 aromatic carbocycles. The molecule has 2 aliphatic heterocycles. The average Bonchev–Trinajstić information content (AvgIpc) is 3.30. The molecule has 0 fully saturated rings. The summed E-state index contributed by atoms with van der Waals surface area (Å²) >= 11 is 9.53. The number of methoxy groups -OCH3 is 2. The maximum absolute atomic E-state index is 12.5. The fourth-order valence-electron chi connectivity index (χ4n) is 8.32. The van der Waals surface area contributed by atoms with Crippen molar-refractivity contribution in [3.63, 3.8) is 0 Å². The van der Waals surface area contributed by atoms with Gasteiger partial charge in [-0.05, 0) is 100 Å². The van der Waals surface area contributed by atoms with E-state index in [2.05, 4.69) is 111 Å². The first kappa shape index (κ1) is 58.4. The van der Waals surface area contributed by atoms with Crippen LogP contribution in [0.5, 0.6) is 11.5 Å². The number of anilines is 1. The van der Waals surface area contributed by atoms with Crippen molar-refractivity contribution in [3.8, 4) is 33.9 Å². The van der Waals surface area contributed by atoms with E-state index in [1.54, 1.807) is 6.07 Å². The molecule has 3 aliphatic rings. The van der Waals surface area contributed by atoms with Crippen molar-refractivity contribution in [1.82, 2.24) is 4.58 Å². The minimum Gasteiger partial charge on any atom is -1.00 e. The summed E-state index contributed by atoms with van der Waals surface area (Å²) in [6.45, 7) is 16.4. The SMILES string of the molecule is CCN(CC)c1ccc2c(c1)Oc1cc(C)ccc1C2c1ccccc1C(=O)OC.CC[N+](CC)=c1ccc2c(-c3ccccc3C(=O)OC)c3ccc(C)cc3oc-2c1.ClCCl.O.[B].[Cl-].[H-].[Na+]. The van der Waals surface area contributed by atoms with Crippen molar-refractivity contribution in [3.05, 3.63) is 166 Å². The summed E-state index contributed by atoms with van der Waals surface area (Å²) in [5.74, 6) is 1.69. The molecule has 0 saturated carbocycles. The van der Waals surface area contributed by atoms with Gasteiger partial charge in [-0.15, -0.1) is 23.2 Å². The third kappa shape index (κ3) is 12.9. The molecular formula is C53H58BCl3N2NaO7. The van der Waals surface area contributed by atoms with E-state index in [0.717, 1.165) is 110 Å². The minimum absolute atomic E-state index is 0. The van der Waals surface area contributed by atoms with Crippen molar-refractivity contribution in [2.24, 2.45) is 0 Å². The number of carbonyl (C=O) groups excluding carboxylic acids is 2. The van der Waals surface area contributed by atoms with Crippen LogP contribution < -0.4 is 61.5 Å². The Balaban J connectivity index is 0.000000601. The Morgan fingerprint density at radius 2 is 1.24 bits per heavy atom. The van der Waals surface area contributed by atoms with Crippen molar-refractivity contribution in [1.29, 1.82) is 0 Å². The molecule has 1 aliphatic carbocycles. The van der Waals surface area contributed by atoms with Gasteiger partial charge < -0.3 is 42.8 Å². The first-order valence-corrected chi connectivity index (χ1v) is 22.3. The zero-order valence-electron chi connectivity index (χ0n) is 40.7. The van der Waals surface area contributed by atoms with Crippen LogP contribution in [0.2, 0.25) is 0 Å². The van der Waals surface area contributed by atoms with Gasteiger partial charge >= 0.3 is 41.5 Å². The molecule has 5 aromatic rings. The first-order valence-electron chi connectivity index (χ1n) is 21.2. The molecule has 3 radical (unpaired) electrons. The number of fused-ring (bicyclic) bond motifs is 4. The van der Waals surface area contributed by atoms with Gasteiger partial charge in [-0.1, -0.05) is 66.7 Å². The third-order valence-corrected chi connectivity index (χ3v) is 11.4. The molecule has 14 heteroatoms. The van der Waals surface area contributed by atoms with Gasteiger partial charge in [0.25, 0.3) is 0 Å².